The van der Waals surface area contributed by atoms with Crippen molar-refractivity contribution < 1.29 is 42.9 Å². The first kappa shape index (κ1) is 69.4. The summed E-state index contributed by atoms with van der Waals surface area (Å²) in [6, 6.07) is 0. The number of rotatable bonds is 48. The number of hydrogen-bond donors (Lipinski definition) is 0. The zero-order valence-corrected chi connectivity index (χ0v) is 47.1. The monoisotopic (exact) mass is 1030 g/mol. The third kappa shape index (κ3) is 56.0. The van der Waals surface area contributed by atoms with Crippen molar-refractivity contribution in [2.45, 2.75) is 167 Å². The number of hydrogen-bond acceptors (Lipinski definition) is 8. The maximum Gasteiger partial charge on any atom is 0.306 e. The highest BCUT2D eigenvalue weighted by Gasteiger charge is 2.21. The molecule has 0 radical (unpaired) electrons. The molecule has 0 aromatic rings. The molecule has 416 valence electrons. The van der Waals surface area contributed by atoms with Crippen LogP contribution in [-0.4, -0.2) is 82.3 Å². The quantitative estimate of drug-likeness (QED) is 0.0195. The molecular formula is C66H99NO8. The summed E-state index contributed by atoms with van der Waals surface area (Å²) in [6.07, 6.45) is 80.9. The highest BCUT2D eigenvalue weighted by atomic mass is 16.7. The molecule has 0 saturated heterocycles. The molecule has 0 amide bonds. The smallest absolute Gasteiger partial charge is 0.306 e. The predicted molar refractivity (Wildman–Crippen MR) is 314 cm³/mol. The maximum atomic E-state index is 12.8. The lowest BCUT2D eigenvalue weighted by atomic mass is 10.2. The van der Waals surface area contributed by atoms with E-state index in [1.54, 1.807) is 0 Å². The minimum Gasteiger partial charge on any atom is -0.545 e. The Labute approximate surface area is 456 Å². The Balaban J connectivity index is 4.53. The van der Waals surface area contributed by atoms with E-state index in [1.165, 1.54) is 0 Å². The molecule has 75 heavy (non-hydrogen) atoms. The number of likely N-dealkylation sites (N-methyl/N-ethyl adjacent to an activating group) is 1. The molecule has 0 aliphatic rings. The average molecular weight is 1030 g/mol. The van der Waals surface area contributed by atoms with Crippen LogP contribution in [0.3, 0.4) is 0 Å². The lowest BCUT2D eigenvalue weighted by Crippen LogP contribution is -2.44. The van der Waals surface area contributed by atoms with Gasteiger partial charge in [-0.05, 0) is 128 Å². The predicted octanol–water partition coefficient (Wildman–Crippen LogP) is 15.2. The molecule has 0 N–H and O–H groups in total. The van der Waals surface area contributed by atoms with Crippen LogP contribution in [0.25, 0.3) is 0 Å². The van der Waals surface area contributed by atoms with E-state index in [0.29, 0.717) is 30.3 Å². The van der Waals surface area contributed by atoms with E-state index in [9.17, 15) is 19.5 Å². The molecular weight excluding hydrogens is 935 g/mol. The molecule has 2 atom stereocenters. The minimum absolute atomic E-state index is 0.118. The van der Waals surface area contributed by atoms with Crippen LogP contribution in [0.2, 0.25) is 0 Å². The first-order valence-corrected chi connectivity index (χ1v) is 27.9. The second-order valence-corrected chi connectivity index (χ2v) is 18.8. The number of aliphatic carboxylic acids is 1. The van der Waals surface area contributed by atoms with Gasteiger partial charge in [0, 0.05) is 12.8 Å². The Morgan fingerprint density at radius 3 is 1.05 bits per heavy atom. The number of carboxylic acids is 1. The van der Waals surface area contributed by atoms with Gasteiger partial charge in [0.1, 0.15) is 13.2 Å². The Hall–Kier alpha value is -5.61. The van der Waals surface area contributed by atoms with Gasteiger partial charge in [-0.2, -0.15) is 0 Å². The van der Waals surface area contributed by atoms with Crippen molar-refractivity contribution in [3.63, 3.8) is 0 Å². The van der Waals surface area contributed by atoms with E-state index in [2.05, 4.69) is 190 Å². The molecule has 9 nitrogen and oxygen atoms in total. The molecule has 0 heterocycles. The molecule has 0 aliphatic carbocycles. The summed E-state index contributed by atoms with van der Waals surface area (Å²) in [5.74, 6) is -2.46. The molecule has 0 fully saturated rings. The number of esters is 2. The second-order valence-electron chi connectivity index (χ2n) is 18.8. The van der Waals surface area contributed by atoms with Gasteiger partial charge in [-0.1, -0.05) is 196 Å². The zero-order valence-electron chi connectivity index (χ0n) is 47.1. The van der Waals surface area contributed by atoms with Gasteiger partial charge in [0.15, 0.2) is 12.4 Å². The molecule has 0 rings (SSSR count). The SMILES string of the molecule is CC/C=C\C/C=C\C/C=C\C/C=C\C/C=C\C/C=C\C/C=C\C/C=C\CCCCC(=O)OC(COC(=O)CCC/C=C\C/C=C\C/C=C\C/C=C\C/C=C\C/C=C\C/C=C\CC)COC(OCC[N+](C)(C)C)C(=O)[O-]. The molecule has 0 bridgehead atoms. The molecule has 0 spiro atoms. The standard InChI is InChI=1S/C66H99NO8/c1-6-8-10-12-14-16-18-20-22-24-26-28-30-31-32-33-35-37-39-41-43-45-47-49-51-53-55-57-64(69)75-62(61-74-66(65(70)71)72-59-58-67(3,4)5)60-73-63(68)56-54-52-50-48-46-44-42-40-38-36-34-29-27-25-23-21-19-17-15-13-11-9-7-2/h8-11,14-17,20-23,26-29,31-32,35-38,41-44,47-50,62,66H,6-7,12-13,18-19,24-25,30,33-34,39-40,45-46,51-61H2,1-5H3/b10-8-,11-9-,16-14-,17-15-,22-20-,23-21-,28-26-,29-27-,32-31-,37-35-,38-36-,43-41-,44-42-,49-47-,50-48-. The van der Waals surface area contributed by atoms with Gasteiger partial charge >= 0.3 is 11.9 Å². The van der Waals surface area contributed by atoms with E-state index in [-0.39, 0.29) is 32.7 Å². The first-order chi connectivity index (χ1) is 36.6. The summed E-state index contributed by atoms with van der Waals surface area (Å²) in [5, 5.41) is 11.8. The van der Waals surface area contributed by atoms with Crippen LogP contribution in [0, 0.1) is 0 Å². The number of carbonyl (C=O) groups is 3. The van der Waals surface area contributed by atoms with Crippen molar-refractivity contribution in [2.75, 3.05) is 47.5 Å². The third-order valence-corrected chi connectivity index (χ3v) is 10.6. The molecule has 0 saturated carbocycles. The average Bonchev–Trinajstić information content (AvgIpc) is 3.38. The zero-order chi connectivity index (χ0) is 54.8. The van der Waals surface area contributed by atoms with E-state index in [0.717, 1.165) is 109 Å². The Morgan fingerprint density at radius 2 is 0.720 bits per heavy atom. The van der Waals surface area contributed by atoms with Gasteiger partial charge in [-0.25, -0.2) is 0 Å². The summed E-state index contributed by atoms with van der Waals surface area (Å²) < 4.78 is 22.5. The van der Waals surface area contributed by atoms with Gasteiger partial charge in [-0.3, -0.25) is 9.59 Å². The van der Waals surface area contributed by atoms with Crippen LogP contribution in [0.5, 0.6) is 0 Å². The van der Waals surface area contributed by atoms with Crippen LogP contribution >= 0.6 is 0 Å². The van der Waals surface area contributed by atoms with Gasteiger partial charge in [0.2, 0.25) is 0 Å². The van der Waals surface area contributed by atoms with Crippen LogP contribution in [0.1, 0.15) is 155 Å². The van der Waals surface area contributed by atoms with Crippen LogP contribution in [0.15, 0.2) is 182 Å². The molecule has 0 aliphatic heterocycles. The van der Waals surface area contributed by atoms with Crippen molar-refractivity contribution in [3.05, 3.63) is 182 Å². The van der Waals surface area contributed by atoms with Gasteiger partial charge in [-0.15, -0.1) is 0 Å². The van der Waals surface area contributed by atoms with Crippen LogP contribution in [0.4, 0.5) is 0 Å². The molecule has 2 unspecified atom stereocenters. The van der Waals surface area contributed by atoms with Gasteiger partial charge in [0.05, 0.1) is 40.3 Å². The molecule has 0 aromatic heterocycles. The number of unbranched alkanes of at least 4 members (excludes halogenated alkanes) is 3. The maximum absolute atomic E-state index is 12.8. The Bertz CT molecular complexity index is 1870. The topological polar surface area (TPSA) is 111 Å². The Kier molecular flexibility index (Phi) is 50.6. The van der Waals surface area contributed by atoms with Gasteiger partial charge in [0.25, 0.3) is 0 Å². The number of allylic oxidation sites excluding steroid dienone is 30. The summed E-state index contributed by atoms with van der Waals surface area (Å²) in [5.41, 5.74) is 0. The van der Waals surface area contributed by atoms with Crippen LogP contribution < -0.4 is 5.11 Å². The fraction of sp³-hybridized carbons (Fsp3) is 0.500. The summed E-state index contributed by atoms with van der Waals surface area (Å²) in [6.45, 7) is 4.35. The highest BCUT2D eigenvalue weighted by Crippen LogP contribution is 2.09. The largest absolute Gasteiger partial charge is 0.545 e. The summed E-state index contributed by atoms with van der Waals surface area (Å²) in [7, 11) is 5.87. The second kappa shape index (κ2) is 54.6. The number of ether oxygens (including phenoxy) is 4. The molecule has 0 aromatic carbocycles. The van der Waals surface area contributed by atoms with Gasteiger partial charge < -0.3 is 33.3 Å². The number of carboxylic acid groups (broad SMARTS) is 1. The van der Waals surface area contributed by atoms with E-state index >= 15 is 0 Å². The third-order valence-electron chi connectivity index (χ3n) is 10.6. The number of nitrogens with zero attached hydrogens (tertiary/aromatic N) is 1. The fourth-order valence-corrected chi connectivity index (χ4v) is 6.42. The summed E-state index contributed by atoms with van der Waals surface area (Å²) >= 11 is 0. The van der Waals surface area contributed by atoms with Crippen molar-refractivity contribution in [1.82, 2.24) is 0 Å². The number of carbonyl (C=O) groups excluding carboxylic acids is 3. The first-order valence-electron chi connectivity index (χ1n) is 27.9. The van der Waals surface area contributed by atoms with Crippen molar-refractivity contribution in [3.8, 4) is 0 Å². The van der Waals surface area contributed by atoms with Crippen LogP contribution in [-0.2, 0) is 33.3 Å². The Morgan fingerprint density at radius 1 is 0.400 bits per heavy atom. The molecule has 9 heteroatoms. The van der Waals surface area contributed by atoms with E-state index < -0.39 is 30.3 Å². The summed E-state index contributed by atoms with van der Waals surface area (Å²) in [4.78, 5) is 37.2. The highest BCUT2D eigenvalue weighted by molar-refractivity contribution is 5.70. The van der Waals surface area contributed by atoms with Crippen molar-refractivity contribution in [1.29, 1.82) is 0 Å². The minimum atomic E-state index is -1.66. The van der Waals surface area contributed by atoms with Crippen molar-refractivity contribution in [2.24, 2.45) is 0 Å². The normalized spacial score (nSPS) is 14.2. The fourth-order valence-electron chi connectivity index (χ4n) is 6.42. The van der Waals surface area contributed by atoms with E-state index in [4.69, 9.17) is 18.9 Å². The lowest BCUT2D eigenvalue weighted by Gasteiger charge is -2.26. The number of quaternary nitrogens is 1. The van der Waals surface area contributed by atoms with Crippen molar-refractivity contribution >= 4 is 17.9 Å². The lowest BCUT2D eigenvalue weighted by molar-refractivity contribution is -0.870. The van der Waals surface area contributed by atoms with E-state index in [1.807, 2.05) is 27.2 Å².